The van der Waals surface area contributed by atoms with E-state index in [0.29, 0.717) is 39.1 Å². The molecule has 0 saturated carbocycles. The van der Waals surface area contributed by atoms with Gasteiger partial charge in [0.25, 0.3) is 5.91 Å². The minimum atomic E-state index is -0.859. The topological polar surface area (TPSA) is 90.9 Å². The standard InChI is InChI=1S/C21H29N3O4S/c25-16-2-10-24(13-20(16)4-1-7-23-19(20)27)18(26)15-12-14-3-11-28-21(17(14)29-15)5-8-22-9-6-21/h12,16,22,25H,1-11,13H2,(H,23,27)/t16-,20+/m0/s1. The molecule has 3 N–H and O–H groups in total. The Balaban J connectivity index is 1.41. The molecule has 5 heterocycles. The van der Waals surface area contributed by atoms with Crippen LogP contribution in [0.3, 0.4) is 0 Å². The number of nitrogens with one attached hydrogen (secondary N) is 2. The lowest BCUT2D eigenvalue weighted by atomic mass is 9.71. The predicted molar refractivity (Wildman–Crippen MR) is 109 cm³/mol. The highest BCUT2D eigenvalue weighted by Crippen LogP contribution is 2.45. The van der Waals surface area contributed by atoms with E-state index in [-0.39, 0.29) is 17.4 Å². The molecule has 4 aliphatic heterocycles. The number of piperidine rings is 3. The summed E-state index contributed by atoms with van der Waals surface area (Å²) in [5, 5.41) is 16.9. The number of nitrogens with zero attached hydrogens (tertiary/aromatic N) is 1. The van der Waals surface area contributed by atoms with Crippen LogP contribution in [0, 0.1) is 5.41 Å². The van der Waals surface area contributed by atoms with Crippen LogP contribution < -0.4 is 10.6 Å². The van der Waals surface area contributed by atoms with Crippen LogP contribution in [0.4, 0.5) is 0 Å². The zero-order valence-electron chi connectivity index (χ0n) is 16.7. The average Bonchev–Trinajstić information content (AvgIpc) is 3.18. The van der Waals surface area contributed by atoms with E-state index in [2.05, 4.69) is 10.6 Å². The minimum Gasteiger partial charge on any atom is -0.392 e. The van der Waals surface area contributed by atoms with Gasteiger partial charge < -0.3 is 25.4 Å². The van der Waals surface area contributed by atoms with E-state index in [9.17, 15) is 14.7 Å². The monoisotopic (exact) mass is 419 g/mol. The van der Waals surface area contributed by atoms with E-state index < -0.39 is 11.5 Å². The predicted octanol–water partition coefficient (Wildman–Crippen LogP) is 1.00. The highest BCUT2D eigenvalue weighted by molar-refractivity contribution is 7.14. The molecule has 158 valence electrons. The fourth-order valence-electron chi connectivity index (χ4n) is 5.50. The van der Waals surface area contributed by atoms with Crippen LogP contribution in [-0.2, 0) is 21.6 Å². The van der Waals surface area contributed by atoms with Gasteiger partial charge in [-0.25, -0.2) is 0 Å². The molecule has 0 bridgehead atoms. The Bertz CT molecular complexity index is 819. The van der Waals surface area contributed by atoms with Crippen LogP contribution in [-0.4, -0.2) is 67.3 Å². The maximum absolute atomic E-state index is 13.4. The van der Waals surface area contributed by atoms with Gasteiger partial charge in [-0.15, -0.1) is 11.3 Å². The molecule has 2 amide bonds. The molecule has 0 unspecified atom stereocenters. The molecule has 3 saturated heterocycles. The Kier molecular flexibility index (Phi) is 4.93. The van der Waals surface area contributed by atoms with Crippen LogP contribution in [0.5, 0.6) is 0 Å². The zero-order valence-corrected chi connectivity index (χ0v) is 17.5. The number of rotatable bonds is 1. The lowest BCUT2D eigenvalue weighted by Crippen LogP contribution is -2.62. The molecule has 0 radical (unpaired) electrons. The first-order valence-electron chi connectivity index (χ1n) is 10.8. The second-order valence-corrected chi connectivity index (χ2v) is 9.91. The van der Waals surface area contributed by atoms with Crippen molar-refractivity contribution in [1.29, 1.82) is 0 Å². The normalized spacial score (nSPS) is 31.6. The molecule has 7 nitrogen and oxygen atoms in total. The summed E-state index contributed by atoms with van der Waals surface area (Å²) < 4.78 is 6.25. The van der Waals surface area contributed by atoms with Crippen molar-refractivity contribution in [3.8, 4) is 0 Å². The summed E-state index contributed by atoms with van der Waals surface area (Å²) in [5.74, 6) is -0.126. The van der Waals surface area contributed by atoms with E-state index in [1.54, 1.807) is 16.2 Å². The van der Waals surface area contributed by atoms with Crippen LogP contribution in [0.15, 0.2) is 6.07 Å². The molecule has 1 aromatic rings. The van der Waals surface area contributed by atoms with Crippen molar-refractivity contribution in [2.24, 2.45) is 5.41 Å². The van der Waals surface area contributed by atoms with Gasteiger partial charge in [0.2, 0.25) is 5.91 Å². The molecule has 5 rings (SSSR count). The number of hydrogen-bond donors (Lipinski definition) is 3. The first-order valence-corrected chi connectivity index (χ1v) is 11.6. The molecular formula is C21H29N3O4S. The van der Waals surface area contributed by atoms with Gasteiger partial charge in [0.05, 0.1) is 23.0 Å². The largest absolute Gasteiger partial charge is 0.392 e. The molecule has 4 aliphatic rings. The van der Waals surface area contributed by atoms with Crippen LogP contribution in [0.2, 0.25) is 0 Å². The Morgan fingerprint density at radius 3 is 2.90 bits per heavy atom. The number of aliphatic hydroxyl groups excluding tert-OH is 1. The van der Waals surface area contributed by atoms with Gasteiger partial charge >= 0.3 is 0 Å². The summed E-state index contributed by atoms with van der Waals surface area (Å²) in [6, 6.07) is 2.05. The van der Waals surface area contributed by atoms with Crippen molar-refractivity contribution in [2.75, 3.05) is 39.3 Å². The third-order valence-corrected chi connectivity index (χ3v) is 8.55. The van der Waals surface area contributed by atoms with Crippen molar-refractivity contribution in [3.05, 3.63) is 21.4 Å². The molecule has 2 spiro atoms. The van der Waals surface area contributed by atoms with E-state index in [1.807, 2.05) is 6.07 Å². The zero-order chi connectivity index (χ0) is 20.1. The SMILES string of the molecule is O=C(c1cc2c(s1)C1(CCNCC1)OCC2)N1CC[C@H](O)[C@@]2(CCCNC2=O)C1. The Labute approximate surface area is 174 Å². The van der Waals surface area contributed by atoms with Crippen molar-refractivity contribution in [2.45, 2.75) is 50.2 Å². The van der Waals surface area contributed by atoms with Gasteiger partial charge in [0.1, 0.15) is 5.60 Å². The Morgan fingerprint density at radius 1 is 1.28 bits per heavy atom. The van der Waals surface area contributed by atoms with E-state index >= 15 is 0 Å². The first-order chi connectivity index (χ1) is 14.0. The second-order valence-electron chi connectivity index (χ2n) is 8.85. The molecule has 1 aromatic heterocycles. The van der Waals surface area contributed by atoms with Gasteiger partial charge in [-0.3, -0.25) is 9.59 Å². The first kappa shape index (κ1) is 19.5. The van der Waals surface area contributed by atoms with Crippen LogP contribution in [0.1, 0.15) is 52.2 Å². The number of thiophene rings is 1. The smallest absolute Gasteiger partial charge is 0.263 e. The summed E-state index contributed by atoms with van der Waals surface area (Å²) in [4.78, 5) is 29.8. The van der Waals surface area contributed by atoms with Gasteiger partial charge in [0.15, 0.2) is 0 Å². The van der Waals surface area contributed by atoms with Gasteiger partial charge in [0, 0.05) is 24.5 Å². The summed E-state index contributed by atoms with van der Waals surface area (Å²) in [6.07, 6.45) is 3.96. The van der Waals surface area contributed by atoms with Crippen molar-refractivity contribution >= 4 is 23.2 Å². The number of likely N-dealkylation sites (tertiary alicyclic amines) is 1. The van der Waals surface area contributed by atoms with Crippen molar-refractivity contribution < 1.29 is 19.4 Å². The van der Waals surface area contributed by atoms with Crippen LogP contribution >= 0.6 is 11.3 Å². The highest BCUT2D eigenvalue weighted by Gasteiger charge is 2.51. The molecular weight excluding hydrogens is 390 g/mol. The lowest BCUT2D eigenvalue weighted by molar-refractivity contribution is -0.147. The Hall–Kier alpha value is -1.48. The Morgan fingerprint density at radius 2 is 2.10 bits per heavy atom. The van der Waals surface area contributed by atoms with E-state index in [1.165, 1.54) is 10.4 Å². The summed E-state index contributed by atoms with van der Waals surface area (Å²) in [6.45, 7) is 4.01. The third kappa shape index (κ3) is 3.12. The maximum Gasteiger partial charge on any atom is 0.263 e. The minimum absolute atomic E-state index is 0.0156. The fourth-order valence-corrected chi connectivity index (χ4v) is 6.88. The van der Waals surface area contributed by atoms with Crippen LogP contribution in [0.25, 0.3) is 0 Å². The summed E-state index contributed by atoms with van der Waals surface area (Å²) in [7, 11) is 0. The summed E-state index contributed by atoms with van der Waals surface area (Å²) >= 11 is 1.57. The van der Waals surface area contributed by atoms with Crippen molar-refractivity contribution in [1.82, 2.24) is 15.5 Å². The van der Waals surface area contributed by atoms with E-state index in [0.717, 1.165) is 43.6 Å². The van der Waals surface area contributed by atoms with Gasteiger partial charge in [-0.1, -0.05) is 0 Å². The molecule has 2 atom stereocenters. The molecule has 29 heavy (non-hydrogen) atoms. The second kappa shape index (κ2) is 7.34. The number of carbonyl (C=O) groups excluding carboxylic acids is 2. The number of amides is 2. The van der Waals surface area contributed by atoms with Gasteiger partial charge in [-0.05, 0) is 63.2 Å². The third-order valence-electron chi connectivity index (χ3n) is 7.20. The van der Waals surface area contributed by atoms with Crippen molar-refractivity contribution in [3.63, 3.8) is 0 Å². The number of aliphatic hydroxyl groups is 1. The molecule has 3 fully saturated rings. The fraction of sp³-hybridized carbons (Fsp3) is 0.714. The van der Waals surface area contributed by atoms with E-state index in [4.69, 9.17) is 4.74 Å². The highest BCUT2D eigenvalue weighted by atomic mass is 32.1. The number of carbonyl (C=O) groups is 2. The average molecular weight is 420 g/mol. The quantitative estimate of drug-likeness (QED) is 0.632. The summed E-state index contributed by atoms with van der Waals surface area (Å²) in [5.41, 5.74) is 0.140. The number of fused-ring (bicyclic) bond motifs is 2. The molecule has 8 heteroatoms. The number of ether oxygens (including phenoxy) is 1. The number of hydrogen-bond acceptors (Lipinski definition) is 6. The molecule has 0 aliphatic carbocycles. The lowest BCUT2D eigenvalue weighted by Gasteiger charge is -2.46. The molecule has 0 aromatic carbocycles. The maximum atomic E-state index is 13.4. The van der Waals surface area contributed by atoms with Gasteiger partial charge in [-0.2, -0.15) is 0 Å².